The van der Waals surface area contributed by atoms with Gasteiger partial charge >= 0.3 is 5.97 Å². The molecule has 6 heteroatoms. The van der Waals surface area contributed by atoms with Crippen molar-refractivity contribution in [2.75, 3.05) is 7.11 Å². The van der Waals surface area contributed by atoms with Crippen LogP contribution in [0.5, 0.6) is 5.75 Å². The number of ether oxygens (including phenoxy) is 1. The molecule has 2 aromatic rings. The molecule has 1 aromatic carbocycles. The van der Waals surface area contributed by atoms with E-state index < -0.39 is 5.97 Å². The molecule has 0 unspecified atom stereocenters. The van der Waals surface area contributed by atoms with Crippen LogP contribution in [-0.4, -0.2) is 24.1 Å². The van der Waals surface area contributed by atoms with Crippen molar-refractivity contribution < 1.29 is 19.4 Å². The monoisotopic (exact) mass is 291 g/mol. The summed E-state index contributed by atoms with van der Waals surface area (Å²) in [7, 11) is 1.57. The molecule has 0 spiro atoms. The number of hydrogen-bond acceptors (Lipinski definition) is 4. The normalized spacial score (nSPS) is 10.1. The van der Waals surface area contributed by atoms with Crippen LogP contribution in [0.15, 0.2) is 36.4 Å². The third-order valence-corrected chi connectivity index (χ3v) is 3.74. The quantitative estimate of drug-likeness (QED) is 0.887. The van der Waals surface area contributed by atoms with Crippen molar-refractivity contribution in [3.8, 4) is 5.75 Å². The first-order chi connectivity index (χ1) is 9.61. The van der Waals surface area contributed by atoms with Gasteiger partial charge in [0, 0.05) is 12.1 Å². The molecule has 1 heterocycles. The van der Waals surface area contributed by atoms with E-state index in [1.54, 1.807) is 7.11 Å². The van der Waals surface area contributed by atoms with Crippen molar-refractivity contribution in [1.82, 2.24) is 5.32 Å². The molecule has 0 radical (unpaired) electrons. The zero-order valence-corrected chi connectivity index (χ0v) is 11.6. The summed E-state index contributed by atoms with van der Waals surface area (Å²) in [6.45, 7) is 0.323. The standard InChI is InChI=1S/C14H13NO4S/c1-19-10-5-3-2-4-9(10)8-15-13(16)11-6-7-12(20-11)14(17)18/h2-7H,8H2,1H3,(H,15,16)(H,17,18). The lowest BCUT2D eigenvalue weighted by Crippen LogP contribution is -2.22. The molecule has 1 amide bonds. The Labute approximate surface area is 119 Å². The van der Waals surface area contributed by atoms with E-state index in [1.165, 1.54) is 12.1 Å². The molecule has 0 atom stereocenters. The Morgan fingerprint density at radius 3 is 2.55 bits per heavy atom. The summed E-state index contributed by atoms with van der Waals surface area (Å²) in [5, 5.41) is 11.6. The molecule has 2 N–H and O–H groups in total. The van der Waals surface area contributed by atoms with Gasteiger partial charge in [0.2, 0.25) is 0 Å². The molecule has 1 aromatic heterocycles. The molecular formula is C14H13NO4S. The number of carbonyl (C=O) groups is 2. The number of carbonyl (C=O) groups excluding carboxylic acids is 1. The van der Waals surface area contributed by atoms with Gasteiger partial charge in [-0.1, -0.05) is 18.2 Å². The van der Waals surface area contributed by atoms with Crippen molar-refractivity contribution in [2.45, 2.75) is 6.54 Å². The van der Waals surface area contributed by atoms with Gasteiger partial charge < -0.3 is 15.2 Å². The highest BCUT2D eigenvalue weighted by molar-refractivity contribution is 7.15. The van der Waals surface area contributed by atoms with E-state index in [9.17, 15) is 9.59 Å². The van der Waals surface area contributed by atoms with Gasteiger partial charge in [-0.05, 0) is 18.2 Å². The Hall–Kier alpha value is -2.34. The van der Waals surface area contributed by atoms with Crippen molar-refractivity contribution >= 4 is 23.2 Å². The van der Waals surface area contributed by atoms with Crippen LogP contribution >= 0.6 is 11.3 Å². The van der Waals surface area contributed by atoms with Gasteiger partial charge in [0.05, 0.1) is 12.0 Å². The smallest absolute Gasteiger partial charge is 0.345 e. The van der Waals surface area contributed by atoms with Crippen LogP contribution in [-0.2, 0) is 6.54 Å². The number of methoxy groups -OCH3 is 1. The van der Waals surface area contributed by atoms with E-state index in [-0.39, 0.29) is 10.8 Å². The molecule has 0 aliphatic carbocycles. The molecule has 0 saturated heterocycles. The predicted molar refractivity (Wildman–Crippen MR) is 75.4 cm³/mol. The van der Waals surface area contributed by atoms with Gasteiger partial charge in [0.15, 0.2) is 0 Å². The number of amides is 1. The van der Waals surface area contributed by atoms with E-state index in [0.717, 1.165) is 16.9 Å². The Balaban J connectivity index is 2.03. The first-order valence-corrected chi connectivity index (χ1v) is 6.66. The summed E-state index contributed by atoms with van der Waals surface area (Å²) >= 11 is 0.951. The van der Waals surface area contributed by atoms with Crippen molar-refractivity contribution in [2.24, 2.45) is 0 Å². The molecule has 104 valence electrons. The summed E-state index contributed by atoms with van der Waals surface area (Å²) in [6, 6.07) is 10.3. The van der Waals surface area contributed by atoms with Crippen LogP contribution in [0, 0.1) is 0 Å². The average Bonchev–Trinajstić information content (AvgIpc) is 2.95. The van der Waals surface area contributed by atoms with Gasteiger partial charge in [-0.2, -0.15) is 0 Å². The van der Waals surface area contributed by atoms with E-state index in [0.29, 0.717) is 17.2 Å². The molecule has 0 bridgehead atoms. The minimum absolute atomic E-state index is 0.146. The van der Waals surface area contributed by atoms with E-state index in [2.05, 4.69) is 5.32 Å². The second-order valence-corrected chi connectivity index (χ2v) is 5.05. The number of hydrogen-bond donors (Lipinski definition) is 2. The maximum Gasteiger partial charge on any atom is 0.345 e. The first-order valence-electron chi connectivity index (χ1n) is 5.85. The highest BCUT2D eigenvalue weighted by atomic mass is 32.1. The summed E-state index contributed by atoms with van der Waals surface area (Å²) in [4.78, 5) is 23.2. The molecule has 0 aliphatic heterocycles. The molecule has 0 saturated carbocycles. The summed E-state index contributed by atoms with van der Waals surface area (Å²) in [6.07, 6.45) is 0. The van der Waals surface area contributed by atoms with Gasteiger partial charge in [-0.3, -0.25) is 4.79 Å². The number of carboxylic acids is 1. The van der Waals surface area contributed by atoms with Crippen LogP contribution in [0.4, 0.5) is 0 Å². The molecular weight excluding hydrogens is 278 g/mol. The van der Waals surface area contributed by atoms with Gasteiger partial charge in [-0.25, -0.2) is 4.79 Å². The maximum absolute atomic E-state index is 11.9. The minimum atomic E-state index is -1.03. The Morgan fingerprint density at radius 2 is 1.90 bits per heavy atom. The lowest BCUT2D eigenvalue weighted by Gasteiger charge is -2.08. The number of benzene rings is 1. The van der Waals surface area contributed by atoms with Gasteiger partial charge in [0.25, 0.3) is 5.91 Å². The summed E-state index contributed by atoms with van der Waals surface area (Å²) < 4.78 is 5.19. The molecule has 2 rings (SSSR count). The molecule has 5 nitrogen and oxygen atoms in total. The maximum atomic E-state index is 11.9. The van der Waals surface area contributed by atoms with Crippen LogP contribution in [0.25, 0.3) is 0 Å². The molecule has 0 fully saturated rings. The molecule has 0 aliphatic rings. The van der Waals surface area contributed by atoms with Gasteiger partial charge in [-0.15, -0.1) is 11.3 Å². The van der Waals surface area contributed by atoms with Crippen LogP contribution < -0.4 is 10.1 Å². The first kappa shape index (κ1) is 14.1. The van der Waals surface area contributed by atoms with Crippen LogP contribution in [0.1, 0.15) is 24.9 Å². The van der Waals surface area contributed by atoms with E-state index >= 15 is 0 Å². The SMILES string of the molecule is COc1ccccc1CNC(=O)c1ccc(C(=O)O)s1. The predicted octanol–water partition coefficient (Wildman–Crippen LogP) is 2.38. The van der Waals surface area contributed by atoms with Crippen molar-refractivity contribution in [3.63, 3.8) is 0 Å². The Morgan fingerprint density at radius 1 is 1.20 bits per heavy atom. The third-order valence-electron chi connectivity index (χ3n) is 2.67. The van der Waals surface area contributed by atoms with Crippen LogP contribution in [0.2, 0.25) is 0 Å². The van der Waals surface area contributed by atoms with E-state index in [1.807, 2.05) is 24.3 Å². The Bertz CT molecular complexity index is 636. The number of thiophene rings is 1. The Kier molecular flexibility index (Phi) is 4.37. The second-order valence-electron chi connectivity index (χ2n) is 3.96. The lowest BCUT2D eigenvalue weighted by atomic mass is 10.2. The zero-order valence-electron chi connectivity index (χ0n) is 10.8. The summed E-state index contributed by atoms with van der Waals surface area (Å²) in [5.41, 5.74) is 0.860. The number of aromatic carboxylic acids is 1. The van der Waals surface area contributed by atoms with Crippen LogP contribution in [0.3, 0.4) is 0 Å². The fourth-order valence-electron chi connectivity index (χ4n) is 1.69. The number of nitrogens with one attached hydrogen (secondary N) is 1. The zero-order chi connectivity index (χ0) is 14.5. The molecule has 20 heavy (non-hydrogen) atoms. The van der Waals surface area contributed by atoms with Crippen molar-refractivity contribution in [3.05, 3.63) is 51.7 Å². The number of para-hydroxylation sites is 1. The van der Waals surface area contributed by atoms with Gasteiger partial charge in [0.1, 0.15) is 10.6 Å². The number of carboxylic acid groups (broad SMARTS) is 1. The third kappa shape index (κ3) is 3.16. The second kappa shape index (κ2) is 6.21. The number of rotatable bonds is 5. The average molecular weight is 291 g/mol. The summed E-state index contributed by atoms with van der Waals surface area (Å²) in [5.74, 6) is -0.627. The highest BCUT2D eigenvalue weighted by Gasteiger charge is 2.13. The topological polar surface area (TPSA) is 75.6 Å². The highest BCUT2D eigenvalue weighted by Crippen LogP contribution is 2.19. The van der Waals surface area contributed by atoms with E-state index in [4.69, 9.17) is 9.84 Å². The largest absolute Gasteiger partial charge is 0.496 e. The lowest BCUT2D eigenvalue weighted by molar-refractivity contribution is 0.0702. The fraction of sp³-hybridized carbons (Fsp3) is 0.143. The fourth-order valence-corrected chi connectivity index (χ4v) is 2.45. The minimum Gasteiger partial charge on any atom is -0.496 e. The van der Waals surface area contributed by atoms with Crippen molar-refractivity contribution in [1.29, 1.82) is 0 Å².